The van der Waals surface area contributed by atoms with Crippen LogP contribution in [-0.2, 0) is 7.05 Å². The largest absolute Gasteiger partial charge is 0.396 e. The Morgan fingerprint density at radius 1 is 1.17 bits per heavy atom. The Kier molecular flexibility index (Phi) is 4.88. The average Bonchev–Trinajstić information content (AvgIpc) is 2.89. The fourth-order valence-electron chi connectivity index (χ4n) is 3.00. The summed E-state index contributed by atoms with van der Waals surface area (Å²) >= 11 is 6.45. The van der Waals surface area contributed by atoms with E-state index in [0.717, 1.165) is 22.0 Å². The molecule has 0 unspecified atom stereocenters. The van der Waals surface area contributed by atoms with E-state index in [1.165, 1.54) is 0 Å². The average molecular weight is 343 g/mol. The Morgan fingerprint density at radius 3 is 2.62 bits per heavy atom. The maximum absolute atomic E-state index is 12.7. The SMILES string of the molecule is Cn1c(C(=O)NCCCO)c2cccc(Cl)c2c1-c1ccccc1. The minimum absolute atomic E-state index is 0.0509. The molecule has 4 nitrogen and oxygen atoms in total. The Balaban J connectivity index is 2.19. The maximum atomic E-state index is 12.7. The summed E-state index contributed by atoms with van der Waals surface area (Å²) in [5.41, 5.74) is 2.50. The number of halogens is 1. The molecule has 0 bridgehead atoms. The van der Waals surface area contributed by atoms with Crippen LogP contribution < -0.4 is 5.32 Å². The molecule has 0 aliphatic rings. The molecule has 1 aromatic heterocycles. The smallest absolute Gasteiger partial charge is 0.268 e. The zero-order valence-electron chi connectivity index (χ0n) is 13.4. The topological polar surface area (TPSA) is 54.3 Å². The van der Waals surface area contributed by atoms with Crippen LogP contribution in [-0.4, -0.2) is 28.7 Å². The van der Waals surface area contributed by atoms with Crippen molar-refractivity contribution in [3.8, 4) is 11.3 Å². The van der Waals surface area contributed by atoms with Gasteiger partial charge in [0.05, 0.1) is 10.7 Å². The number of fused-ring (bicyclic) bond motifs is 1. The zero-order chi connectivity index (χ0) is 17.1. The van der Waals surface area contributed by atoms with Crippen LogP contribution in [0, 0.1) is 0 Å². The molecule has 0 saturated carbocycles. The molecule has 0 aliphatic heterocycles. The van der Waals surface area contributed by atoms with Gasteiger partial charge in [0.25, 0.3) is 5.91 Å². The van der Waals surface area contributed by atoms with Crippen LogP contribution in [0.3, 0.4) is 0 Å². The number of carbonyl (C=O) groups excluding carboxylic acids is 1. The Bertz CT molecular complexity index is 872. The monoisotopic (exact) mass is 342 g/mol. The van der Waals surface area contributed by atoms with Crippen LogP contribution in [0.1, 0.15) is 16.9 Å². The highest BCUT2D eigenvalue weighted by Gasteiger charge is 2.22. The third-order valence-electron chi connectivity index (χ3n) is 4.06. The van der Waals surface area contributed by atoms with Crippen LogP contribution in [0.15, 0.2) is 48.5 Å². The molecule has 3 aromatic rings. The molecule has 24 heavy (non-hydrogen) atoms. The lowest BCUT2D eigenvalue weighted by atomic mass is 10.1. The van der Waals surface area contributed by atoms with Crippen LogP contribution in [0.4, 0.5) is 0 Å². The molecule has 0 aliphatic carbocycles. The highest BCUT2D eigenvalue weighted by Crippen LogP contribution is 2.37. The van der Waals surface area contributed by atoms with Crippen molar-refractivity contribution in [2.75, 3.05) is 13.2 Å². The molecule has 1 heterocycles. The van der Waals surface area contributed by atoms with Gasteiger partial charge in [0.2, 0.25) is 0 Å². The first kappa shape index (κ1) is 16.6. The number of nitrogens with zero attached hydrogens (tertiary/aromatic N) is 1. The fourth-order valence-corrected chi connectivity index (χ4v) is 3.26. The number of rotatable bonds is 5. The molecule has 0 saturated heterocycles. The van der Waals surface area contributed by atoms with E-state index < -0.39 is 0 Å². The van der Waals surface area contributed by atoms with Gasteiger partial charge in [0.1, 0.15) is 5.69 Å². The number of benzene rings is 2. The summed E-state index contributed by atoms with van der Waals surface area (Å²) in [5, 5.41) is 14.1. The summed E-state index contributed by atoms with van der Waals surface area (Å²) in [4.78, 5) is 12.7. The number of hydrogen-bond acceptors (Lipinski definition) is 2. The van der Waals surface area contributed by atoms with Gasteiger partial charge < -0.3 is 15.0 Å². The quantitative estimate of drug-likeness (QED) is 0.696. The van der Waals surface area contributed by atoms with Gasteiger partial charge in [-0.1, -0.05) is 54.1 Å². The highest BCUT2D eigenvalue weighted by atomic mass is 35.5. The molecule has 0 atom stereocenters. The normalized spacial score (nSPS) is 11.0. The molecule has 124 valence electrons. The minimum Gasteiger partial charge on any atom is -0.396 e. The second kappa shape index (κ2) is 7.07. The molecule has 2 aromatic carbocycles. The standard InChI is InChI=1S/C19H19ClN2O2/c1-22-17(13-7-3-2-4-8-13)16-14(9-5-10-15(16)20)18(22)19(24)21-11-6-12-23/h2-5,7-10,23H,6,11-12H2,1H3,(H,21,24). The first-order valence-electron chi connectivity index (χ1n) is 7.86. The number of aliphatic hydroxyl groups excluding tert-OH is 1. The van der Waals surface area contributed by atoms with E-state index in [2.05, 4.69) is 5.32 Å². The summed E-state index contributed by atoms with van der Waals surface area (Å²) in [6.07, 6.45) is 0.528. The van der Waals surface area contributed by atoms with E-state index >= 15 is 0 Å². The lowest BCUT2D eigenvalue weighted by Crippen LogP contribution is -2.27. The first-order chi connectivity index (χ1) is 11.6. The minimum atomic E-state index is -0.166. The van der Waals surface area contributed by atoms with Gasteiger partial charge in [0.15, 0.2) is 0 Å². The van der Waals surface area contributed by atoms with Crippen molar-refractivity contribution in [3.63, 3.8) is 0 Å². The summed E-state index contributed by atoms with van der Waals surface area (Å²) in [6.45, 7) is 0.485. The highest BCUT2D eigenvalue weighted by molar-refractivity contribution is 6.37. The van der Waals surface area contributed by atoms with Crippen LogP contribution in [0.2, 0.25) is 5.02 Å². The van der Waals surface area contributed by atoms with E-state index in [1.54, 1.807) is 0 Å². The number of aromatic nitrogens is 1. The van der Waals surface area contributed by atoms with Gasteiger partial charge in [-0.15, -0.1) is 0 Å². The number of nitrogens with one attached hydrogen (secondary N) is 1. The maximum Gasteiger partial charge on any atom is 0.268 e. The van der Waals surface area contributed by atoms with Gasteiger partial charge in [-0.25, -0.2) is 0 Å². The van der Waals surface area contributed by atoms with Crippen molar-refractivity contribution in [1.29, 1.82) is 0 Å². The summed E-state index contributed by atoms with van der Waals surface area (Å²) < 4.78 is 1.89. The summed E-state index contributed by atoms with van der Waals surface area (Å²) in [6, 6.07) is 15.5. The van der Waals surface area contributed by atoms with Crippen LogP contribution >= 0.6 is 11.6 Å². The van der Waals surface area contributed by atoms with Gasteiger partial charge in [0, 0.05) is 31.0 Å². The second-order valence-electron chi connectivity index (χ2n) is 5.62. The number of carbonyl (C=O) groups is 1. The van der Waals surface area contributed by atoms with Crippen molar-refractivity contribution >= 4 is 28.3 Å². The number of aliphatic hydroxyl groups is 1. The third kappa shape index (κ3) is 2.90. The molecule has 0 spiro atoms. The van der Waals surface area contributed by atoms with Crippen molar-refractivity contribution < 1.29 is 9.90 Å². The first-order valence-corrected chi connectivity index (χ1v) is 8.24. The van der Waals surface area contributed by atoms with E-state index in [1.807, 2.05) is 60.1 Å². The van der Waals surface area contributed by atoms with Gasteiger partial charge in [-0.3, -0.25) is 4.79 Å². The fraction of sp³-hybridized carbons (Fsp3) is 0.211. The third-order valence-corrected chi connectivity index (χ3v) is 4.37. The van der Waals surface area contributed by atoms with Gasteiger partial charge in [-0.2, -0.15) is 0 Å². The van der Waals surface area contributed by atoms with Gasteiger partial charge >= 0.3 is 0 Å². The molecule has 2 N–H and O–H groups in total. The molecule has 0 fully saturated rings. The lowest BCUT2D eigenvalue weighted by molar-refractivity contribution is 0.0945. The molecular weight excluding hydrogens is 324 g/mol. The Morgan fingerprint density at radius 2 is 1.92 bits per heavy atom. The Hall–Kier alpha value is -2.30. The van der Waals surface area contributed by atoms with Gasteiger partial charge in [-0.05, 0) is 18.1 Å². The molecule has 3 rings (SSSR count). The predicted octanol–water partition coefficient (Wildman–Crippen LogP) is 3.61. The van der Waals surface area contributed by atoms with Crippen LogP contribution in [0.25, 0.3) is 22.0 Å². The predicted molar refractivity (Wildman–Crippen MR) is 97.4 cm³/mol. The van der Waals surface area contributed by atoms with E-state index in [0.29, 0.717) is 23.7 Å². The number of hydrogen-bond donors (Lipinski definition) is 2. The van der Waals surface area contributed by atoms with Crippen LogP contribution in [0.5, 0.6) is 0 Å². The van der Waals surface area contributed by atoms with E-state index in [4.69, 9.17) is 16.7 Å². The molecule has 5 heteroatoms. The van der Waals surface area contributed by atoms with Crippen molar-refractivity contribution in [3.05, 3.63) is 59.2 Å². The lowest BCUT2D eigenvalue weighted by Gasteiger charge is -2.09. The van der Waals surface area contributed by atoms with Crippen molar-refractivity contribution in [2.45, 2.75) is 6.42 Å². The molecular formula is C19H19ClN2O2. The zero-order valence-corrected chi connectivity index (χ0v) is 14.2. The van der Waals surface area contributed by atoms with E-state index in [9.17, 15) is 4.79 Å². The van der Waals surface area contributed by atoms with Crippen molar-refractivity contribution in [1.82, 2.24) is 9.88 Å². The summed E-state index contributed by atoms with van der Waals surface area (Å²) in [5.74, 6) is -0.166. The number of amides is 1. The van der Waals surface area contributed by atoms with E-state index in [-0.39, 0.29) is 12.5 Å². The molecule has 0 radical (unpaired) electrons. The summed E-state index contributed by atoms with van der Waals surface area (Å²) in [7, 11) is 1.87. The Labute approximate surface area is 145 Å². The second-order valence-corrected chi connectivity index (χ2v) is 6.02. The van der Waals surface area contributed by atoms with Crippen molar-refractivity contribution in [2.24, 2.45) is 7.05 Å². The molecule has 1 amide bonds.